The first-order chi connectivity index (χ1) is 10.3. The quantitative estimate of drug-likeness (QED) is 0.557. The average molecular weight is 312 g/mol. The zero-order valence-corrected chi connectivity index (χ0v) is 11.7. The van der Waals surface area contributed by atoms with Gasteiger partial charge in [-0.05, 0) is 25.7 Å². The van der Waals surface area contributed by atoms with Crippen LogP contribution in [-0.4, -0.2) is 38.8 Å². The summed E-state index contributed by atoms with van der Waals surface area (Å²) in [5.41, 5.74) is 4.18. The Kier molecular flexibility index (Phi) is 4.34. The summed E-state index contributed by atoms with van der Waals surface area (Å²) in [6.45, 7) is 0. The van der Waals surface area contributed by atoms with E-state index in [0.717, 1.165) is 12.3 Å². The Morgan fingerprint density at radius 3 is 2.59 bits per heavy atom. The number of hydrogen-bond donors (Lipinski definition) is 5. The van der Waals surface area contributed by atoms with E-state index in [1.165, 1.54) is 0 Å². The molecule has 9 heteroatoms. The first-order valence-electron chi connectivity index (χ1n) is 6.74. The number of carbonyl (C=O) groups excluding carboxylic acids is 1. The highest BCUT2D eigenvalue weighted by Gasteiger charge is 2.41. The fraction of sp³-hybridized carbons (Fsp3) is 0.462. The molecule has 0 aromatic carbocycles. The molecular formula is C13H17FN4O4. The van der Waals surface area contributed by atoms with Crippen molar-refractivity contribution in [2.75, 3.05) is 5.32 Å². The lowest BCUT2D eigenvalue weighted by atomic mass is 9.79. The van der Waals surface area contributed by atoms with Crippen LogP contribution in [0.25, 0.3) is 0 Å². The maximum atomic E-state index is 13.1. The molecule has 0 aliphatic heterocycles. The van der Waals surface area contributed by atoms with E-state index in [2.05, 4.69) is 15.6 Å². The number of carboxylic acid groups (broad SMARTS) is 1. The maximum Gasteiger partial charge on any atom is 0.405 e. The van der Waals surface area contributed by atoms with Gasteiger partial charge in [-0.3, -0.25) is 4.79 Å². The van der Waals surface area contributed by atoms with Crippen molar-refractivity contribution in [3.8, 4) is 5.88 Å². The SMILES string of the molecule is NC(=O)C1(NC(=O)O)CCC(Nc2cc(F)cnc2O)CC1. The minimum absolute atomic E-state index is 0.155. The second-order valence-electron chi connectivity index (χ2n) is 5.32. The third-order valence-corrected chi connectivity index (χ3v) is 3.85. The van der Waals surface area contributed by atoms with E-state index in [4.69, 9.17) is 10.8 Å². The van der Waals surface area contributed by atoms with Crippen molar-refractivity contribution in [1.29, 1.82) is 0 Å². The molecule has 1 aliphatic rings. The van der Waals surface area contributed by atoms with Gasteiger partial charge in [0.1, 0.15) is 17.0 Å². The van der Waals surface area contributed by atoms with Crippen molar-refractivity contribution in [1.82, 2.24) is 10.3 Å². The highest BCUT2D eigenvalue weighted by molar-refractivity contribution is 5.88. The van der Waals surface area contributed by atoms with Gasteiger partial charge in [-0.1, -0.05) is 0 Å². The summed E-state index contributed by atoms with van der Waals surface area (Å²) in [5.74, 6) is -1.63. The van der Waals surface area contributed by atoms with E-state index in [0.29, 0.717) is 12.8 Å². The number of halogens is 1. The number of amides is 2. The summed E-state index contributed by atoms with van der Waals surface area (Å²) >= 11 is 0. The standard InChI is InChI=1S/C13H17FN4O4/c14-7-5-9(10(19)16-6-7)17-8-1-3-13(4-2-8,11(15)20)18-12(21)22/h5-6,8,17-18H,1-4H2,(H2,15,20)(H,16,19)(H,21,22). The largest absolute Gasteiger partial charge is 0.492 e. The van der Waals surface area contributed by atoms with Crippen LogP contribution in [0.3, 0.4) is 0 Å². The summed E-state index contributed by atoms with van der Waals surface area (Å²) < 4.78 is 13.1. The Balaban J connectivity index is 2.03. The fourth-order valence-electron chi connectivity index (χ4n) is 2.65. The lowest BCUT2D eigenvalue weighted by molar-refractivity contribution is -0.125. The summed E-state index contributed by atoms with van der Waals surface area (Å²) in [5, 5.41) is 23.5. The van der Waals surface area contributed by atoms with Crippen LogP contribution in [-0.2, 0) is 4.79 Å². The van der Waals surface area contributed by atoms with Crippen LogP contribution in [0.5, 0.6) is 5.88 Å². The van der Waals surface area contributed by atoms with Crippen LogP contribution in [0, 0.1) is 5.82 Å². The molecule has 6 N–H and O–H groups in total. The number of primary amides is 1. The zero-order valence-electron chi connectivity index (χ0n) is 11.7. The molecule has 8 nitrogen and oxygen atoms in total. The van der Waals surface area contributed by atoms with Gasteiger partial charge in [-0.2, -0.15) is 0 Å². The molecule has 1 aliphatic carbocycles. The number of nitrogens with one attached hydrogen (secondary N) is 2. The molecule has 120 valence electrons. The molecule has 0 bridgehead atoms. The molecule has 0 unspecified atom stereocenters. The third-order valence-electron chi connectivity index (χ3n) is 3.85. The molecule has 1 saturated carbocycles. The molecule has 0 radical (unpaired) electrons. The smallest absolute Gasteiger partial charge is 0.405 e. The Morgan fingerprint density at radius 1 is 1.41 bits per heavy atom. The molecule has 22 heavy (non-hydrogen) atoms. The van der Waals surface area contributed by atoms with Crippen LogP contribution < -0.4 is 16.4 Å². The lowest BCUT2D eigenvalue weighted by Crippen LogP contribution is -2.59. The minimum atomic E-state index is -1.31. The van der Waals surface area contributed by atoms with Gasteiger partial charge in [0, 0.05) is 12.1 Å². The van der Waals surface area contributed by atoms with Gasteiger partial charge in [0.05, 0.1) is 6.20 Å². The average Bonchev–Trinajstić information content (AvgIpc) is 2.44. The van der Waals surface area contributed by atoms with Gasteiger partial charge in [0.15, 0.2) is 0 Å². The summed E-state index contributed by atoms with van der Waals surface area (Å²) in [6, 6.07) is 0.964. The maximum absolute atomic E-state index is 13.1. The highest BCUT2D eigenvalue weighted by Crippen LogP contribution is 2.31. The fourth-order valence-corrected chi connectivity index (χ4v) is 2.65. The Hall–Kier alpha value is -2.58. The predicted octanol–water partition coefficient (Wildman–Crippen LogP) is 0.772. The number of aromatic nitrogens is 1. The highest BCUT2D eigenvalue weighted by atomic mass is 19.1. The molecule has 1 fully saturated rings. The van der Waals surface area contributed by atoms with Crippen LogP contribution in [0.2, 0.25) is 0 Å². The van der Waals surface area contributed by atoms with Crippen molar-refractivity contribution >= 4 is 17.7 Å². The number of nitrogens with zero attached hydrogens (tertiary/aromatic N) is 1. The van der Waals surface area contributed by atoms with E-state index in [1.807, 2.05) is 0 Å². The van der Waals surface area contributed by atoms with Gasteiger partial charge in [-0.25, -0.2) is 14.2 Å². The molecule has 2 rings (SSSR count). The van der Waals surface area contributed by atoms with Crippen LogP contribution >= 0.6 is 0 Å². The van der Waals surface area contributed by atoms with Crippen molar-refractivity contribution in [3.63, 3.8) is 0 Å². The van der Waals surface area contributed by atoms with Gasteiger partial charge < -0.3 is 26.6 Å². The van der Waals surface area contributed by atoms with Gasteiger partial charge >= 0.3 is 6.09 Å². The third kappa shape index (κ3) is 3.35. The van der Waals surface area contributed by atoms with Gasteiger partial charge in [0.25, 0.3) is 0 Å². The van der Waals surface area contributed by atoms with Crippen molar-refractivity contribution < 1.29 is 24.2 Å². The van der Waals surface area contributed by atoms with Crippen molar-refractivity contribution in [2.24, 2.45) is 5.73 Å². The molecule has 1 aromatic heterocycles. The first-order valence-corrected chi connectivity index (χ1v) is 6.74. The van der Waals surface area contributed by atoms with E-state index < -0.39 is 23.4 Å². The van der Waals surface area contributed by atoms with Crippen molar-refractivity contribution in [2.45, 2.75) is 37.3 Å². The topological polar surface area (TPSA) is 138 Å². The molecular weight excluding hydrogens is 295 g/mol. The number of hydrogen-bond acceptors (Lipinski definition) is 5. The van der Waals surface area contributed by atoms with E-state index in [-0.39, 0.29) is 30.5 Å². The number of nitrogens with two attached hydrogens (primary N) is 1. The molecule has 1 heterocycles. The Labute approximate surface area is 125 Å². The number of pyridine rings is 1. The lowest BCUT2D eigenvalue weighted by Gasteiger charge is -2.37. The first kappa shape index (κ1) is 15.8. The normalized spacial score (nSPS) is 24.5. The number of aromatic hydroxyl groups is 1. The van der Waals surface area contributed by atoms with Crippen molar-refractivity contribution in [3.05, 3.63) is 18.1 Å². The summed E-state index contributed by atoms with van der Waals surface area (Å²) in [7, 11) is 0. The Bertz CT molecular complexity index is 587. The van der Waals surface area contributed by atoms with Crippen LogP contribution in [0.15, 0.2) is 12.3 Å². The second kappa shape index (κ2) is 6.04. The number of anilines is 1. The van der Waals surface area contributed by atoms with E-state index >= 15 is 0 Å². The second-order valence-corrected chi connectivity index (χ2v) is 5.32. The molecule has 0 spiro atoms. The van der Waals surface area contributed by atoms with Gasteiger partial charge in [0.2, 0.25) is 11.8 Å². The Morgan fingerprint density at radius 2 is 2.05 bits per heavy atom. The van der Waals surface area contributed by atoms with Gasteiger partial charge in [-0.15, -0.1) is 0 Å². The monoisotopic (exact) mass is 312 g/mol. The molecule has 1 aromatic rings. The van der Waals surface area contributed by atoms with E-state index in [9.17, 15) is 19.1 Å². The van der Waals surface area contributed by atoms with Crippen LogP contribution in [0.1, 0.15) is 25.7 Å². The number of carbonyl (C=O) groups is 2. The molecule has 0 atom stereocenters. The molecule has 0 saturated heterocycles. The zero-order chi connectivity index (χ0) is 16.3. The number of rotatable bonds is 4. The summed E-state index contributed by atoms with van der Waals surface area (Å²) in [6.07, 6.45) is 0.887. The predicted molar refractivity (Wildman–Crippen MR) is 74.8 cm³/mol. The molecule has 2 amide bonds. The minimum Gasteiger partial charge on any atom is -0.492 e. The van der Waals surface area contributed by atoms with Crippen LogP contribution in [0.4, 0.5) is 14.9 Å². The van der Waals surface area contributed by atoms with E-state index in [1.54, 1.807) is 0 Å². The summed E-state index contributed by atoms with van der Waals surface area (Å²) in [4.78, 5) is 25.9.